The number of nitrogens with zero attached hydrogens (tertiary/aromatic N) is 1. The van der Waals surface area contributed by atoms with Crippen molar-refractivity contribution in [3.63, 3.8) is 0 Å². The molecule has 0 aliphatic rings. The minimum Gasteiger partial charge on any atom is -0.340 e. The summed E-state index contributed by atoms with van der Waals surface area (Å²) in [5.74, 6) is 1.08. The van der Waals surface area contributed by atoms with Gasteiger partial charge in [-0.2, -0.15) is 0 Å². The third-order valence-corrected chi connectivity index (χ3v) is 13.9. The van der Waals surface area contributed by atoms with Crippen LogP contribution in [0.2, 0.25) is 0 Å². The molecule has 0 atom stereocenters. The third-order valence-electron chi connectivity index (χ3n) is 12.7. The maximum Gasteiger partial charge on any atom is 0.123 e. The van der Waals surface area contributed by atoms with Crippen LogP contribution in [0.3, 0.4) is 0 Å². The first-order valence-electron chi connectivity index (χ1n) is 20.9. The van der Waals surface area contributed by atoms with Crippen molar-refractivity contribution in [2.24, 2.45) is 0 Å². The molecule has 0 unspecified atom stereocenters. The number of aromatic nitrogens is 2. The zero-order valence-corrected chi connectivity index (χ0v) is 33.9. The molecule has 0 bridgehead atoms. The lowest BCUT2D eigenvalue weighted by atomic mass is 9.96. The number of rotatable bonds is 5. The second kappa shape index (κ2) is 13.4. The first-order valence-corrected chi connectivity index (χ1v) is 21.7. The van der Waals surface area contributed by atoms with Gasteiger partial charge in [0, 0.05) is 41.7 Å². The number of aromatic amines is 1. The fourth-order valence-corrected chi connectivity index (χ4v) is 10.8. The number of thiophene rings is 1. The summed E-state index contributed by atoms with van der Waals surface area (Å²) in [5.41, 5.74) is 12.0. The van der Waals surface area contributed by atoms with Crippen molar-refractivity contribution in [3.8, 4) is 50.5 Å². The van der Waals surface area contributed by atoms with Crippen LogP contribution in [0, 0.1) is 0 Å². The van der Waals surface area contributed by atoms with E-state index >= 15 is 0 Å². The van der Waals surface area contributed by atoms with Crippen LogP contribution in [0.25, 0.3) is 125 Å². The molecule has 0 aliphatic heterocycles. The highest BCUT2D eigenvalue weighted by Gasteiger charge is 2.19. The summed E-state index contributed by atoms with van der Waals surface area (Å²) >= 11 is 1.86. The van der Waals surface area contributed by atoms with Crippen LogP contribution in [0.4, 0.5) is 0 Å². The van der Waals surface area contributed by atoms with Gasteiger partial charge in [0.15, 0.2) is 0 Å². The van der Waals surface area contributed by atoms with Crippen molar-refractivity contribution in [2.75, 3.05) is 0 Å². The summed E-state index contributed by atoms with van der Waals surface area (Å²) in [6, 6.07) is 78.2. The van der Waals surface area contributed by atoms with E-state index in [-0.39, 0.29) is 0 Å². The highest BCUT2D eigenvalue weighted by atomic mass is 32.1. The van der Waals surface area contributed by atoms with Gasteiger partial charge in [0.25, 0.3) is 0 Å². The molecule has 3 heteroatoms. The molecular weight excluding hydrogens is 757 g/mol. The van der Waals surface area contributed by atoms with E-state index < -0.39 is 0 Å². The van der Waals surface area contributed by atoms with Gasteiger partial charge in [0.05, 0.1) is 16.7 Å². The van der Waals surface area contributed by atoms with Crippen molar-refractivity contribution < 1.29 is 0 Å². The van der Waals surface area contributed by atoms with Crippen LogP contribution in [-0.4, -0.2) is 9.55 Å². The number of hydrogen-bond acceptors (Lipinski definition) is 1. The van der Waals surface area contributed by atoms with Gasteiger partial charge in [-0.05, 0) is 115 Å². The third kappa shape index (κ3) is 5.48. The molecule has 0 saturated heterocycles. The van der Waals surface area contributed by atoms with Crippen molar-refractivity contribution in [2.45, 2.75) is 0 Å². The van der Waals surface area contributed by atoms with Gasteiger partial charge >= 0.3 is 0 Å². The number of benzene rings is 10. The van der Waals surface area contributed by atoms with E-state index in [4.69, 9.17) is 0 Å². The Balaban J connectivity index is 0.925. The van der Waals surface area contributed by atoms with Crippen molar-refractivity contribution in [1.82, 2.24) is 9.55 Å². The normalized spacial score (nSPS) is 11.9. The molecule has 0 saturated carbocycles. The van der Waals surface area contributed by atoms with E-state index in [1.807, 2.05) is 11.3 Å². The average molecular weight is 793 g/mol. The number of nitrogens with one attached hydrogen (secondary N) is 1. The minimum atomic E-state index is 1.08. The first kappa shape index (κ1) is 34.2. The van der Waals surface area contributed by atoms with E-state index in [0.29, 0.717) is 0 Å². The number of fused-ring (bicyclic) bond motifs is 9. The molecular formula is C58H36N2S. The van der Waals surface area contributed by atoms with Gasteiger partial charge in [-0.25, -0.2) is 0 Å². The van der Waals surface area contributed by atoms with Crippen molar-refractivity contribution >= 4 is 85.6 Å². The van der Waals surface area contributed by atoms with Gasteiger partial charge in [-0.3, -0.25) is 4.57 Å². The monoisotopic (exact) mass is 792 g/mol. The molecule has 13 aromatic rings. The first-order chi connectivity index (χ1) is 30.2. The lowest BCUT2D eigenvalue weighted by molar-refractivity contribution is 1.12. The second-order valence-electron chi connectivity index (χ2n) is 16.2. The Kier molecular flexibility index (Phi) is 7.51. The van der Waals surface area contributed by atoms with Gasteiger partial charge in [-0.1, -0.05) is 158 Å². The Hall–Kier alpha value is -7.72. The second-order valence-corrected chi connectivity index (χ2v) is 17.3. The molecule has 284 valence electrons. The van der Waals surface area contributed by atoms with Crippen LogP contribution >= 0.6 is 11.3 Å². The van der Waals surface area contributed by atoms with Crippen molar-refractivity contribution in [1.29, 1.82) is 0 Å². The molecule has 1 N–H and O–H groups in total. The number of H-pyrrole nitrogens is 1. The summed E-state index contributed by atoms with van der Waals surface area (Å²) in [6.07, 6.45) is 0. The molecule has 0 radical (unpaired) electrons. The summed E-state index contributed by atoms with van der Waals surface area (Å²) < 4.78 is 5.10. The molecule has 0 fully saturated rings. The topological polar surface area (TPSA) is 20.7 Å². The predicted octanol–water partition coefficient (Wildman–Crippen LogP) is 16.6. The Labute approximate surface area is 356 Å². The summed E-state index contributed by atoms with van der Waals surface area (Å²) in [7, 11) is 0. The summed E-state index contributed by atoms with van der Waals surface area (Å²) in [5, 5.41) is 12.5. The van der Waals surface area contributed by atoms with Gasteiger partial charge in [0.2, 0.25) is 0 Å². The fraction of sp³-hybridized carbons (Fsp3) is 0. The van der Waals surface area contributed by atoms with Crippen LogP contribution in [0.15, 0.2) is 212 Å². The molecule has 2 nitrogen and oxygen atoms in total. The van der Waals surface area contributed by atoms with E-state index in [0.717, 1.165) is 17.1 Å². The highest BCUT2D eigenvalue weighted by molar-refractivity contribution is 7.25. The van der Waals surface area contributed by atoms with Gasteiger partial charge in [0.1, 0.15) is 5.82 Å². The Bertz CT molecular complexity index is 3880. The smallest absolute Gasteiger partial charge is 0.123 e. The molecule has 3 heterocycles. The fourth-order valence-electron chi connectivity index (χ4n) is 9.68. The number of para-hydroxylation sites is 1. The quantitative estimate of drug-likeness (QED) is 0.179. The summed E-state index contributed by atoms with van der Waals surface area (Å²) in [4.78, 5) is 3.97. The van der Waals surface area contributed by atoms with E-state index in [1.54, 1.807) is 0 Å². The molecule has 0 aliphatic carbocycles. The molecule has 13 rings (SSSR count). The largest absolute Gasteiger partial charge is 0.340 e. The van der Waals surface area contributed by atoms with Crippen LogP contribution in [0.5, 0.6) is 0 Å². The van der Waals surface area contributed by atoms with E-state index in [2.05, 4.69) is 222 Å². The number of hydrogen-bond donors (Lipinski definition) is 1. The lowest BCUT2D eigenvalue weighted by Gasteiger charge is -2.10. The van der Waals surface area contributed by atoms with Crippen LogP contribution < -0.4 is 0 Å². The summed E-state index contributed by atoms with van der Waals surface area (Å²) in [6.45, 7) is 0. The lowest BCUT2D eigenvalue weighted by Crippen LogP contribution is -1.95. The maximum absolute atomic E-state index is 3.97. The van der Waals surface area contributed by atoms with Gasteiger partial charge < -0.3 is 4.98 Å². The van der Waals surface area contributed by atoms with Crippen molar-refractivity contribution in [3.05, 3.63) is 212 Å². The van der Waals surface area contributed by atoms with E-state index in [1.165, 1.54) is 108 Å². The maximum atomic E-state index is 3.97. The zero-order chi connectivity index (χ0) is 40.0. The SMILES string of the molecule is c1cc(-c2ccc3cc4c5ccccc5n(-c5[nH]c(-c6ccc(-c7ccc8ccccc8c7)cc6)c6ccccc56)c4cc3c2)cc(-c2ccc3sc4ccccc4c3c2)c1. The van der Waals surface area contributed by atoms with Crippen LogP contribution in [-0.2, 0) is 0 Å². The van der Waals surface area contributed by atoms with Gasteiger partial charge in [-0.15, -0.1) is 11.3 Å². The Morgan fingerprint density at radius 1 is 0.295 bits per heavy atom. The van der Waals surface area contributed by atoms with Crippen LogP contribution in [0.1, 0.15) is 0 Å². The molecule has 10 aromatic carbocycles. The highest BCUT2D eigenvalue weighted by Crippen LogP contribution is 2.41. The molecule has 61 heavy (non-hydrogen) atoms. The zero-order valence-electron chi connectivity index (χ0n) is 33.1. The standard InChI is InChI=1S/C58H36N2S/c1-2-11-39-30-42(25-22-36(39)10-1)37-20-23-38(24-21-37)57-49-16-3-4-17-50(49)58(59-57)60-53-18-7-5-14-47(53)51-33-45-27-26-43(32-46(45)35-54(51)60)40-12-9-13-41(31-40)44-28-29-56-52(34-44)48-15-6-8-19-55(48)61-56/h1-35,59H. The average Bonchev–Trinajstić information content (AvgIpc) is 3.99. The molecule has 3 aromatic heterocycles. The van der Waals surface area contributed by atoms with E-state index in [9.17, 15) is 0 Å². The molecule has 0 amide bonds. The minimum absolute atomic E-state index is 1.08. The Morgan fingerprint density at radius 3 is 1.72 bits per heavy atom. The predicted molar refractivity (Wildman–Crippen MR) is 262 cm³/mol. The Morgan fingerprint density at radius 2 is 0.869 bits per heavy atom. The molecule has 0 spiro atoms.